The largest absolute Gasteiger partial charge is 0.497 e. The van der Waals surface area contributed by atoms with E-state index < -0.39 is 0 Å². The van der Waals surface area contributed by atoms with Crippen molar-refractivity contribution in [2.24, 2.45) is 0 Å². The lowest BCUT2D eigenvalue weighted by Crippen LogP contribution is -2.02. The minimum atomic E-state index is -0.0107. The SMILES string of the molecule is COc1ccc(-n2nc(OC)cc2-c2ccc(OCCO)cc2)cc1. The van der Waals surface area contributed by atoms with Crippen LogP contribution < -0.4 is 14.2 Å². The van der Waals surface area contributed by atoms with Crippen LogP contribution in [0.5, 0.6) is 17.4 Å². The van der Waals surface area contributed by atoms with E-state index >= 15 is 0 Å². The van der Waals surface area contributed by atoms with Gasteiger partial charge >= 0.3 is 0 Å². The molecule has 0 spiro atoms. The Morgan fingerprint density at radius 2 is 1.60 bits per heavy atom. The first-order chi connectivity index (χ1) is 12.2. The second kappa shape index (κ2) is 7.72. The molecule has 0 aliphatic heterocycles. The minimum absolute atomic E-state index is 0.0107. The van der Waals surface area contributed by atoms with Crippen LogP contribution in [0.3, 0.4) is 0 Å². The van der Waals surface area contributed by atoms with Crippen molar-refractivity contribution in [1.29, 1.82) is 0 Å². The second-order valence-corrected chi connectivity index (χ2v) is 5.28. The Kier molecular flexibility index (Phi) is 5.20. The molecular weight excluding hydrogens is 320 g/mol. The predicted molar refractivity (Wildman–Crippen MR) is 94.7 cm³/mol. The Hall–Kier alpha value is -2.99. The van der Waals surface area contributed by atoms with Crippen molar-refractivity contribution < 1.29 is 19.3 Å². The monoisotopic (exact) mass is 340 g/mol. The average molecular weight is 340 g/mol. The summed E-state index contributed by atoms with van der Waals surface area (Å²) in [6, 6.07) is 17.2. The molecule has 0 saturated carbocycles. The molecule has 1 heterocycles. The number of hydrogen-bond acceptors (Lipinski definition) is 5. The molecule has 25 heavy (non-hydrogen) atoms. The highest BCUT2D eigenvalue weighted by Gasteiger charge is 2.12. The number of aliphatic hydroxyl groups excluding tert-OH is 1. The van der Waals surface area contributed by atoms with E-state index in [0.717, 1.165) is 22.7 Å². The van der Waals surface area contributed by atoms with Gasteiger partial charge in [0.25, 0.3) is 0 Å². The molecule has 2 aromatic carbocycles. The first kappa shape index (κ1) is 16.9. The van der Waals surface area contributed by atoms with Crippen LogP contribution >= 0.6 is 0 Å². The van der Waals surface area contributed by atoms with Crippen LogP contribution in [0.2, 0.25) is 0 Å². The van der Waals surface area contributed by atoms with E-state index in [0.29, 0.717) is 11.6 Å². The predicted octanol–water partition coefficient (Wildman–Crippen LogP) is 2.93. The molecule has 0 bridgehead atoms. The van der Waals surface area contributed by atoms with Crippen molar-refractivity contribution in [3.05, 3.63) is 54.6 Å². The number of nitrogens with zero attached hydrogens (tertiary/aromatic N) is 2. The molecule has 0 unspecified atom stereocenters. The van der Waals surface area contributed by atoms with Gasteiger partial charge in [-0.2, -0.15) is 0 Å². The fraction of sp³-hybridized carbons (Fsp3) is 0.211. The summed E-state index contributed by atoms with van der Waals surface area (Å²) in [6.45, 7) is 0.264. The summed E-state index contributed by atoms with van der Waals surface area (Å²) in [5.74, 6) is 2.03. The fourth-order valence-electron chi connectivity index (χ4n) is 2.47. The first-order valence-corrected chi connectivity index (χ1v) is 7.87. The number of hydrogen-bond donors (Lipinski definition) is 1. The van der Waals surface area contributed by atoms with Crippen LogP contribution in [-0.2, 0) is 0 Å². The van der Waals surface area contributed by atoms with Crippen LogP contribution in [0.15, 0.2) is 54.6 Å². The molecule has 6 heteroatoms. The van der Waals surface area contributed by atoms with E-state index in [1.165, 1.54) is 0 Å². The highest BCUT2D eigenvalue weighted by atomic mass is 16.5. The zero-order valence-electron chi connectivity index (χ0n) is 14.2. The van der Waals surface area contributed by atoms with Crippen LogP contribution in [0, 0.1) is 0 Å². The molecule has 6 nitrogen and oxygen atoms in total. The summed E-state index contributed by atoms with van der Waals surface area (Å²) in [5.41, 5.74) is 2.78. The molecule has 0 amide bonds. The molecule has 0 atom stereocenters. The molecule has 0 aliphatic carbocycles. The molecule has 0 saturated heterocycles. The quantitative estimate of drug-likeness (QED) is 0.716. The summed E-state index contributed by atoms with van der Waals surface area (Å²) >= 11 is 0. The van der Waals surface area contributed by atoms with Crippen molar-refractivity contribution in [3.8, 4) is 34.3 Å². The number of aliphatic hydroxyl groups is 1. The first-order valence-electron chi connectivity index (χ1n) is 7.87. The van der Waals surface area contributed by atoms with Crippen LogP contribution in [-0.4, -0.2) is 42.3 Å². The van der Waals surface area contributed by atoms with E-state index in [2.05, 4.69) is 5.10 Å². The highest BCUT2D eigenvalue weighted by molar-refractivity contribution is 5.64. The molecule has 0 aliphatic rings. The van der Waals surface area contributed by atoms with Crippen molar-refractivity contribution in [3.63, 3.8) is 0 Å². The zero-order chi connectivity index (χ0) is 17.6. The van der Waals surface area contributed by atoms with Gasteiger partial charge in [0.15, 0.2) is 0 Å². The zero-order valence-corrected chi connectivity index (χ0v) is 14.2. The molecule has 3 rings (SSSR count). The van der Waals surface area contributed by atoms with E-state index in [1.807, 2.05) is 59.3 Å². The molecular formula is C19H20N2O4. The maximum absolute atomic E-state index is 8.83. The normalized spacial score (nSPS) is 10.5. The lowest BCUT2D eigenvalue weighted by Gasteiger charge is -2.09. The molecule has 0 radical (unpaired) electrons. The van der Waals surface area contributed by atoms with Gasteiger partial charge < -0.3 is 19.3 Å². The van der Waals surface area contributed by atoms with Gasteiger partial charge in [0.1, 0.15) is 18.1 Å². The van der Waals surface area contributed by atoms with Crippen LogP contribution in [0.1, 0.15) is 0 Å². The topological polar surface area (TPSA) is 65.7 Å². The van der Waals surface area contributed by atoms with Crippen LogP contribution in [0.25, 0.3) is 16.9 Å². The van der Waals surface area contributed by atoms with Gasteiger partial charge in [-0.25, -0.2) is 4.68 Å². The van der Waals surface area contributed by atoms with Gasteiger partial charge in [-0.05, 0) is 48.5 Å². The molecule has 130 valence electrons. The van der Waals surface area contributed by atoms with Crippen molar-refractivity contribution in [2.75, 3.05) is 27.4 Å². The third kappa shape index (κ3) is 3.75. The fourth-order valence-corrected chi connectivity index (χ4v) is 2.47. The van der Waals surface area contributed by atoms with Crippen molar-refractivity contribution >= 4 is 0 Å². The number of rotatable bonds is 7. The second-order valence-electron chi connectivity index (χ2n) is 5.28. The maximum Gasteiger partial charge on any atom is 0.233 e. The van der Waals surface area contributed by atoms with Crippen LogP contribution in [0.4, 0.5) is 0 Å². The van der Waals surface area contributed by atoms with Crippen molar-refractivity contribution in [1.82, 2.24) is 9.78 Å². The highest BCUT2D eigenvalue weighted by Crippen LogP contribution is 2.29. The summed E-state index contributed by atoms with van der Waals surface area (Å²) in [4.78, 5) is 0. The molecule has 0 fully saturated rings. The Morgan fingerprint density at radius 3 is 2.20 bits per heavy atom. The third-order valence-electron chi connectivity index (χ3n) is 3.72. The third-order valence-corrected chi connectivity index (χ3v) is 3.72. The molecule has 3 aromatic rings. The van der Waals surface area contributed by atoms with Gasteiger partial charge in [0.2, 0.25) is 5.88 Å². The number of aromatic nitrogens is 2. The molecule has 1 aromatic heterocycles. The Labute approximate surface area is 146 Å². The number of methoxy groups -OCH3 is 2. The number of benzene rings is 2. The smallest absolute Gasteiger partial charge is 0.233 e. The summed E-state index contributed by atoms with van der Waals surface area (Å²) in [6.07, 6.45) is 0. The van der Waals surface area contributed by atoms with Gasteiger partial charge in [-0.1, -0.05) is 0 Å². The van der Waals surface area contributed by atoms with Crippen molar-refractivity contribution in [2.45, 2.75) is 0 Å². The van der Waals surface area contributed by atoms with Gasteiger partial charge in [-0.3, -0.25) is 0 Å². The van der Waals surface area contributed by atoms with Gasteiger partial charge in [-0.15, -0.1) is 5.10 Å². The Morgan fingerprint density at radius 1 is 0.920 bits per heavy atom. The summed E-state index contributed by atoms with van der Waals surface area (Å²) < 4.78 is 17.7. The van der Waals surface area contributed by atoms with E-state index in [-0.39, 0.29) is 13.2 Å². The Bertz CT molecular complexity index is 810. The lowest BCUT2D eigenvalue weighted by molar-refractivity contribution is 0.201. The average Bonchev–Trinajstić information content (AvgIpc) is 3.11. The number of ether oxygens (including phenoxy) is 3. The van der Waals surface area contributed by atoms with E-state index in [1.54, 1.807) is 14.2 Å². The lowest BCUT2D eigenvalue weighted by atomic mass is 10.1. The summed E-state index contributed by atoms with van der Waals surface area (Å²) in [7, 11) is 3.23. The maximum atomic E-state index is 8.83. The Balaban J connectivity index is 1.96. The minimum Gasteiger partial charge on any atom is -0.497 e. The van der Waals surface area contributed by atoms with E-state index in [4.69, 9.17) is 19.3 Å². The van der Waals surface area contributed by atoms with Gasteiger partial charge in [0, 0.05) is 11.6 Å². The molecule has 1 N–H and O–H groups in total. The van der Waals surface area contributed by atoms with E-state index in [9.17, 15) is 0 Å². The standard InChI is InChI=1S/C19H20N2O4/c1-23-16-9-5-15(6-10-16)21-18(13-19(20-21)24-2)14-3-7-17(8-4-14)25-12-11-22/h3-10,13,22H,11-12H2,1-2H3. The summed E-state index contributed by atoms with van der Waals surface area (Å²) in [5, 5.41) is 13.3. The van der Waals surface area contributed by atoms with Gasteiger partial charge in [0.05, 0.1) is 32.2 Å².